The van der Waals surface area contributed by atoms with Crippen LogP contribution in [0.5, 0.6) is 11.5 Å². The van der Waals surface area contributed by atoms with E-state index in [9.17, 15) is 18.4 Å². The topological polar surface area (TPSA) is 107 Å². The maximum Gasteiger partial charge on any atom is 0.511 e. The van der Waals surface area contributed by atoms with Crippen molar-refractivity contribution in [2.24, 2.45) is 0 Å². The van der Waals surface area contributed by atoms with Crippen molar-refractivity contribution >= 4 is 22.7 Å². The highest BCUT2D eigenvalue weighted by Gasteiger charge is 2.29. The van der Waals surface area contributed by atoms with Crippen LogP contribution in [0.3, 0.4) is 0 Å². The number of hydrogen-bond donors (Lipinski definition) is 2. The quantitative estimate of drug-likeness (QED) is 0.593. The molecule has 1 aromatic heterocycles. The maximum absolute atomic E-state index is 13.9. The molecule has 0 bridgehead atoms. The predicted octanol–water partition coefficient (Wildman–Crippen LogP) is 0.836. The summed E-state index contributed by atoms with van der Waals surface area (Å²) in [5, 5.41) is 9.63. The minimum Gasteiger partial charge on any atom is -0.466 e. The van der Waals surface area contributed by atoms with Crippen LogP contribution in [0.4, 0.5) is 19.3 Å². The summed E-state index contributed by atoms with van der Waals surface area (Å²) in [5.74, 6) is -3.82. The Labute approximate surface area is 120 Å². The molecule has 1 aliphatic heterocycles. The fourth-order valence-corrected chi connectivity index (χ4v) is 2.27. The highest BCUT2D eigenvalue weighted by Crippen LogP contribution is 2.37. The van der Waals surface area contributed by atoms with Gasteiger partial charge in [-0.15, -0.1) is 0 Å². The number of halogens is 2. The van der Waals surface area contributed by atoms with Gasteiger partial charge in [-0.2, -0.15) is 4.39 Å². The molecule has 0 fully saturated rings. The van der Waals surface area contributed by atoms with E-state index < -0.39 is 45.8 Å². The molecule has 3 N–H and O–H groups in total. The number of benzene rings is 1. The number of hydrogen-bond acceptors (Lipinski definition) is 6. The van der Waals surface area contributed by atoms with Crippen molar-refractivity contribution in [1.29, 1.82) is 0 Å². The number of nitrogens with two attached hydrogens (primary N) is 1. The summed E-state index contributed by atoms with van der Waals surface area (Å²) in [4.78, 5) is 22.9. The van der Waals surface area contributed by atoms with E-state index in [4.69, 9.17) is 15.6 Å². The van der Waals surface area contributed by atoms with E-state index in [2.05, 4.69) is 4.74 Å². The van der Waals surface area contributed by atoms with Crippen molar-refractivity contribution in [3.63, 3.8) is 0 Å². The van der Waals surface area contributed by atoms with Crippen LogP contribution in [0.1, 0.15) is 0 Å². The third-order valence-corrected chi connectivity index (χ3v) is 3.23. The van der Waals surface area contributed by atoms with Gasteiger partial charge in [0.05, 0.1) is 17.3 Å². The molecule has 2 heterocycles. The number of anilines is 1. The summed E-state index contributed by atoms with van der Waals surface area (Å²) < 4.78 is 38.5. The van der Waals surface area contributed by atoms with Gasteiger partial charge >= 0.3 is 6.16 Å². The van der Waals surface area contributed by atoms with Crippen molar-refractivity contribution in [2.45, 2.75) is 0 Å². The average molecular weight is 313 g/mol. The van der Waals surface area contributed by atoms with E-state index in [1.807, 2.05) is 0 Å². The van der Waals surface area contributed by atoms with Gasteiger partial charge in [0.2, 0.25) is 17.0 Å². The Morgan fingerprint density at radius 2 is 2.14 bits per heavy atom. The SMILES string of the molecule is CN1COc2c(F)c(F)c(N)c3c(=O)c(OC(=O)O)cn1c23. The highest BCUT2D eigenvalue weighted by molar-refractivity contribution is 5.96. The predicted molar refractivity (Wildman–Crippen MR) is 70.8 cm³/mol. The molecule has 8 nitrogen and oxygen atoms in total. The molecule has 0 atom stereocenters. The van der Waals surface area contributed by atoms with Gasteiger partial charge in [-0.3, -0.25) is 14.5 Å². The van der Waals surface area contributed by atoms with E-state index in [0.29, 0.717) is 0 Å². The van der Waals surface area contributed by atoms with Gasteiger partial charge < -0.3 is 20.3 Å². The molecule has 116 valence electrons. The number of pyridine rings is 1. The summed E-state index contributed by atoms with van der Waals surface area (Å²) in [6, 6.07) is 0. The fourth-order valence-electron chi connectivity index (χ4n) is 2.27. The van der Waals surface area contributed by atoms with Crippen molar-refractivity contribution in [3.8, 4) is 11.5 Å². The van der Waals surface area contributed by atoms with Crippen LogP contribution < -0.4 is 25.6 Å². The number of nitrogens with zero attached hydrogens (tertiary/aromatic N) is 2. The smallest absolute Gasteiger partial charge is 0.466 e. The first-order chi connectivity index (χ1) is 10.3. The van der Waals surface area contributed by atoms with Crippen LogP contribution in [0.25, 0.3) is 10.9 Å². The molecule has 22 heavy (non-hydrogen) atoms. The van der Waals surface area contributed by atoms with Gasteiger partial charge in [0, 0.05) is 7.05 Å². The Bertz CT molecular complexity index is 880. The minimum absolute atomic E-state index is 0.104. The first-order valence-electron chi connectivity index (χ1n) is 5.93. The largest absolute Gasteiger partial charge is 0.511 e. The number of carboxylic acid groups (broad SMARTS) is 1. The molecule has 3 rings (SSSR count). The van der Waals surface area contributed by atoms with Gasteiger partial charge in [0.15, 0.2) is 18.3 Å². The molecule has 0 saturated heterocycles. The first-order valence-corrected chi connectivity index (χ1v) is 5.93. The van der Waals surface area contributed by atoms with Crippen molar-refractivity contribution in [1.82, 2.24) is 4.68 Å². The number of rotatable bonds is 1. The van der Waals surface area contributed by atoms with Crippen molar-refractivity contribution < 1.29 is 28.2 Å². The Morgan fingerprint density at radius 3 is 2.77 bits per heavy atom. The number of aromatic nitrogens is 1. The Hall–Kier alpha value is -3.04. The summed E-state index contributed by atoms with van der Waals surface area (Å²) >= 11 is 0. The zero-order valence-corrected chi connectivity index (χ0v) is 11.1. The number of ether oxygens (including phenoxy) is 2. The lowest BCUT2D eigenvalue weighted by Crippen LogP contribution is -2.39. The van der Waals surface area contributed by atoms with Crippen molar-refractivity contribution in [2.75, 3.05) is 24.5 Å². The molecule has 10 heteroatoms. The van der Waals surface area contributed by atoms with Gasteiger partial charge in [0.1, 0.15) is 5.52 Å². The van der Waals surface area contributed by atoms with Gasteiger partial charge in [-0.25, -0.2) is 9.18 Å². The molecule has 2 aromatic rings. The minimum atomic E-state index is -1.72. The average Bonchev–Trinajstić information content (AvgIpc) is 2.45. The molecule has 1 aromatic carbocycles. The first kappa shape index (κ1) is 13.9. The van der Waals surface area contributed by atoms with E-state index >= 15 is 0 Å². The van der Waals surface area contributed by atoms with Crippen LogP contribution in [0.2, 0.25) is 0 Å². The molecule has 0 radical (unpaired) electrons. The van der Waals surface area contributed by atoms with E-state index in [0.717, 1.165) is 6.20 Å². The van der Waals surface area contributed by atoms with Crippen LogP contribution in [-0.2, 0) is 0 Å². The van der Waals surface area contributed by atoms with Gasteiger partial charge in [-0.1, -0.05) is 0 Å². The van der Waals surface area contributed by atoms with E-state index in [-0.39, 0.29) is 12.2 Å². The molecular formula is C12H9F2N3O5. The van der Waals surface area contributed by atoms with E-state index in [1.54, 1.807) is 0 Å². The van der Waals surface area contributed by atoms with Gasteiger partial charge in [-0.05, 0) is 0 Å². The van der Waals surface area contributed by atoms with Gasteiger partial charge in [0.25, 0.3) is 0 Å². The lowest BCUT2D eigenvalue weighted by Gasteiger charge is -2.30. The molecule has 0 saturated carbocycles. The lowest BCUT2D eigenvalue weighted by molar-refractivity contribution is 0.143. The maximum atomic E-state index is 13.9. The highest BCUT2D eigenvalue weighted by atomic mass is 19.2. The fraction of sp³-hybridized carbons (Fsp3) is 0.167. The zero-order chi connectivity index (χ0) is 16.2. The van der Waals surface area contributed by atoms with Crippen LogP contribution in [-0.4, -0.2) is 29.7 Å². The Balaban J connectivity index is 2.52. The Morgan fingerprint density at radius 1 is 1.45 bits per heavy atom. The molecule has 1 aliphatic rings. The summed E-state index contributed by atoms with van der Waals surface area (Å²) in [6.45, 7) is -0.155. The molecule has 0 aliphatic carbocycles. The summed E-state index contributed by atoms with van der Waals surface area (Å²) in [5.41, 5.74) is 3.65. The summed E-state index contributed by atoms with van der Waals surface area (Å²) in [6.07, 6.45) is -0.679. The van der Waals surface area contributed by atoms with Crippen LogP contribution in [0.15, 0.2) is 11.0 Å². The second kappa shape index (κ2) is 4.48. The standard InChI is InChI=1S/C12H9F2N3O5/c1-16-3-21-11-7(14)6(13)8(15)5-9(11)17(16)2-4(10(5)18)22-12(19)20/h2H,3,15H2,1H3,(H,19,20). The summed E-state index contributed by atoms with van der Waals surface area (Å²) in [7, 11) is 1.52. The third kappa shape index (κ3) is 1.73. The normalized spacial score (nSPS) is 13.1. The molecule has 0 unspecified atom stereocenters. The molecule has 0 spiro atoms. The zero-order valence-electron chi connectivity index (χ0n) is 11.1. The second-order valence-corrected chi connectivity index (χ2v) is 4.56. The monoisotopic (exact) mass is 313 g/mol. The molecule has 0 amide bonds. The number of carbonyl (C=O) groups is 1. The number of nitrogen functional groups attached to an aromatic ring is 1. The lowest BCUT2D eigenvalue weighted by atomic mass is 10.1. The van der Waals surface area contributed by atoms with Crippen LogP contribution >= 0.6 is 0 Å². The molecular weight excluding hydrogens is 304 g/mol. The van der Waals surface area contributed by atoms with Crippen molar-refractivity contribution in [3.05, 3.63) is 28.1 Å². The van der Waals surface area contributed by atoms with Crippen LogP contribution in [0, 0.1) is 11.6 Å². The Kier molecular flexibility index (Phi) is 2.83. The third-order valence-electron chi connectivity index (χ3n) is 3.23. The second-order valence-electron chi connectivity index (χ2n) is 4.56. The van der Waals surface area contributed by atoms with E-state index in [1.165, 1.54) is 16.7 Å².